The lowest BCUT2D eigenvalue weighted by atomic mass is 10.2. The normalized spacial score (nSPS) is 11.3. The summed E-state index contributed by atoms with van der Waals surface area (Å²) < 4.78 is 26.9. The predicted molar refractivity (Wildman–Crippen MR) is 80.1 cm³/mol. The lowest BCUT2D eigenvalue weighted by Gasteiger charge is -2.11. The van der Waals surface area contributed by atoms with Crippen LogP contribution in [0.1, 0.15) is 5.56 Å². The molecule has 106 valence electrons. The summed E-state index contributed by atoms with van der Waals surface area (Å²) in [6.07, 6.45) is 0. The van der Waals surface area contributed by atoms with Crippen molar-refractivity contribution < 1.29 is 13.5 Å². The number of sulfonamides is 1. The van der Waals surface area contributed by atoms with Gasteiger partial charge < -0.3 is 5.11 Å². The van der Waals surface area contributed by atoms with Crippen LogP contribution < -0.4 is 4.72 Å². The molecule has 0 aliphatic carbocycles. The van der Waals surface area contributed by atoms with Gasteiger partial charge in [0.2, 0.25) is 0 Å². The minimum absolute atomic E-state index is 0.00496. The summed E-state index contributed by atoms with van der Waals surface area (Å²) in [5.74, 6) is 0.0133. The molecule has 0 heterocycles. The van der Waals surface area contributed by atoms with Crippen molar-refractivity contribution in [3.63, 3.8) is 0 Å². The smallest absolute Gasteiger partial charge is 0.261 e. The summed E-state index contributed by atoms with van der Waals surface area (Å²) in [4.78, 5) is -0.00496. The molecule has 2 aromatic carbocycles. The number of anilines is 1. The van der Waals surface area contributed by atoms with E-state index in [9.17, 15) is 13.5 Å². The van der Waals surface area contributed by atoms with Crippen LogP contribution in [0.15, 0.2) is 41.3 Å². The van der Waals surface area contributed by atoms with Crippen LogP contribution in [0, 0.1) is 6.92 Å². The van der Waals surface area contributed by atoms with Crippen LogP contribution in [0.3, 0.4) is 0 Å². The molecule has 0 fully saturated rings. The van der Waals surface area contributed by atoms with E-state index in [-0.39, 0.29) is 20.7 Å². The fraction of sp³-hybridized carbons (Fsp3) is 0.0769. The third-order valence-electron chi connectivity index (χ3n) is 2.75. The average molecular weight is 332 g/mol. The van der Waals surface area contributed by atoms with E-state index in [0.717, 1.165) is 0 Å². The van der Waals surface area contributed by atoms with Crippen molar-refractivity contribution in [2.24, 2.45) is 0 Å². The standard InChI is InChI=1S/C13H11Cl2NO3S/c1-8-12(3-2-4-13(8)17)16-20(18,19)9-5-6-10(14)11(15)7-9/h2-7,16-17H,1H3. The van der Waals surface area contributed by atoms with Crippen molar-refractivity contribution in [2.45, 2.75) is 11.8 Å². The molecular weight excluding hydrogens is 321 g/mol. The van der Waals surface area contributed by atoms with Crippen LogP contribution in [0.4, 0.5) is 5.69 Å². The third-order valence-corrected chi connectivity index (χ3v) is 4.85. The van der Waals surface area contributed by atoms with Crippen LogP contribution in [-0.2, 0) is 10.0 Å². The van der Waals surface area contributed by atoms with Gasteiger partial charge in [0.05, 0.1) is 20.6 Å². The van der Waals surface area contributed by atoms with Gasteiger partial charge in [-0.25, -0.2) is 8.42 Å². The molecule has 0 aromatic heterocycles. The lowest BCUT2D eigenvalue weighted by Crippen LogP contribution is -2.13. The molecule has 0 atom stereocenters. The summed E-state index contributed by atoms with van der Waals surface area (Å²) in [5, 5.41) is 10.0. The van der Waals surface area contributed by atoms with E-state index in [1.54, 1.807) is 19.1 Å². The summed E-state index contributed by atoms with van der Waals surface area (Å²) in [6, 6.07) is 8.62. The van der Waals surface area contributed by atoms with Gasteiger partial charge in [-0.05, 0) is 37.3 Å². The van der Waals surface area contributed by atoms with Crippen molar-refractivity contribution in [3.05, 3.63) is 52.0 Å². The fourth-order valence-electron chi connectivity index (χ4n) is 1.58. The molecule has 0 bridgehead atoms. The molecule has 0 aliphatic rings. The molecule has 0 aliphatic heterocycles. The van der Waals surface area contributed by atoms with E-state index in [2.05, 4.69) is 4.72 Å². The second-order valence-corrected chi connectivity index (χ2v) is 6.63. The molecule has 0 unspecified atom stereocenters. The van der Waals surface area contributed by atoms with Crippen molar-refractivity contribution in [3.8, 4) is 5.75 Å². The molecule has 2 N–H and O–H groups in total. The fourth-order valence-corrected chi connectivity index (χ4v) is 3.09. The van der Waals surface area contributed by atoms with E-state index < -0.39 is 10.0 Å². The summed E-state index contributed by atoms with van der Waals surface area (Å²) in [7, 11) is -3.80. The zero-order chi connectivity index (χ0) is 14.9. The first-order valence-electron chi connectivity index (χ1n) is 5.58. The Morgan fingerprint density at radius 2 is 1.80 bits per heavy atom. The Bertz CT molecular complexity index is 760. The molecule has 20 heavy (non-hydrogen) atoms. The molecule has 2 rings (SSSR count). The molecule has 0 saturated heterocycles. The van der Waals surface area contributed by atoms with E-state index in [1.807, 2.05) is 0 Å². The highest BCUT2D eigenvalue weighted by Gasteiger charge is 2.17. The van der Waals surface area contributed by atoms with Gasteiger partial charge in [0.1, 0.15) is 5.75 Å². The maximum Gasteiger partial charge on any atom is 0.261 e. The maximum atomic E-state index is 12.2. The minimum atomic E-state index is -3.80. The number of aromatic hydroxyl groups is 1. The zero-order valence-electron chi connectivity index (χ0n) is 10.4. The molecule has 0 saturated carbocycles. The number of hydrogen-bond acceptors (Lipinski definition) is 3. The monoisotopic (exact) mass is 331 g/mol. The Hall–Kier alpha value is -1.43. The van der Waals surface area contributed by atoms with E-state index in [1.165, 1.54) is 24.3 Å². The van der Waals surface area contributed by atoms with E-state index in [0.29, 0.717) is 11.3 Å². The van der Waals surface area contributed by atoms with Crippen LogP contribution in [0.25, 0.3) is 0 Å². The van der Waals surface area contributed by atoms with Crippen molar-refractivity contribution in [2.75, 3.05) is 4.72 Å². The van der Waals surface area contributed by atoms with Crippen molar-refractivity contribution in [1.82, 2.24) is 0 Å². The molecule has 0 amide bonds. The van der Waals surface area contributed by atoms with Gasteiger partial charge in [-0.3, -0.25) is 4.72 Å². The Morgan fingerprint density at radius 1 is 1.10 bits per heavy atom. The summed E-state index contributed by atoms with van der Waals surface area (Å²) >= 11 is 11.6. The molecule has 7 heteroatoms. The van der Waals surface area contributed by atoms with Gasteiger partial charge in [0, 0.05) is 5.56 Å². The highest BCUT2D eigenvalue weighted by molar-refractivity contribution is 7.92. The lowest BCUT2D eigenvalue weighted by molar-refractivity contribution is 0.471. The average Bonchev–Trinajstić information content (AvgIpc) is 2.38. The van der Waals surface area contributed by atoms with Gasteiger partial charge in [-0.15, -0.1) is 0 Å². The number of halogens is 2. The van der Waals surface area contributed by atoms with Crippen LogP contribution in [0.5, 0.6) is 5.75 Å². The number of phenols is 1. The van der Waals surface area contributed by atoms with Crippen LogP contribution in [0.2, 0.25) is 10.0 Å². The number of rotatable bonds is 3. The topological polar surface area (TPSA) is 66.4 Å². The second kappa shape index (κ2) is 5.52. The molecular formula is C13H11Cl2NO3S. The van der Waals surface area contributed by atoms with Gasteiger partial charge in [0.15, 0.2) is 0 Å². The molecule has 0 spiro atoms. The van der Waals surface area contributed by atoms with Crippen LogP contribution in [-0.4, -0.2) is 13.5 Å². The molecule has 2 aromatic rings. The largest absolute Gasteiger partial charge is 0.508 e. The van der Waals surface area contributed by atoms with E-state index >= 15 is 0 Å². The summed E-state index contributed by atoms with van der Waals surface area (Å²) in [6.45, 7) is 1.61. The zero-order valence-corrected chi connectivity index (χ0v) is 12.7. The number of phenolic OH excluding ortho intramolecular Hbond substituents is 1. The molecule has 0 radical (unpaired) electrons. The van der Waals surface area contributed by atoms with Gasteiger partial charge in [-0.2, -0.15) is 0 Å². The summed E-state index contributed by atoms with van der Waals surface area (Å²) in [5.41, 5.74) is 0.743. The number of benzene rings is 2. The molecule has 4 nitrogen and oxygen atoms in total. The van der Waals surface area contributed by atoms with Gasteiger partial charge >= 0.3 is 0 Å². The quantitative estimate of drug-likeness (QED) is 0.898. The first kappa shape index (κ1) is 15.0. The Labute approximate surface area is 127 Å². The van der Waals surface area contributed by atoms with Gasteiger partial charge in [0.25, 0.3) is 10.0 Å². The maximum absolute atomic E-state index is 12.2. The highest BCUT2D eigenvalue weighted by atomic mass is 35.5. The highest BCUT2D eigenvalue weighted by Crippen LogP contribution is 2.28. The first-order valence-corrected chi connectivity index (χ1v) is 7.81. The third kappa shape index (κ3) is 3.00. The predicted octanol–water partition coefficient (Wildman–Crippen LogP) is 3.81. The minimum Gasteiger partial charge on any atom is -0.508 e. The Morgan fingerprint density at radius 3 is 2.45 bits per heavy atom. The van der Waals surface area contributed by atoms with Crippen molar-refractivity contribution >= 4 is 38.9 Å². The first-order chi connectivity index (χ1) is 9.31. The van der Waals surface area contributed by atoms with Crippen LogP contribution >= 0.6 is 23.2 Å². The Kier molecular flexibility index (Phi) is 4.13. The van der Waals surface area contributed by atoms with Crippen molar-refractivity contribution in [1.29, 1.82) is 0 Å². The SMILES string of the molecule is Cc1c(O)cccc1NS(=O)(=O)c1ccc(Cl)c(Cl)c1. The number of hydrogen-bond donors (Lipinski definition) is 2. The number of nitrogens with one attached hydrogen (secondary N) is 1. The second-order valence-electron chi connectivity index (χ2n) is 4.13. The van der Waals surface area contributed by atoms with E-state index in [4.69, 9.17) is 23.2 Å². The van der Waals surface area contributed by atoms with Gasteiger partial charge in [-0.1, -0.05) is 29.3 Å². The Balaban J connectivity index is 2.41.